The number of nitriles is 1. The van der Waals surface area contributed by atoms with Gasteiger partial charge in [-0.05, 0) is 38.5 Å². The zero-order valence-corrected chi connectivity index (χ0v) is 13.0. The van der Waals surface area contributed by atoms with Gasteiger partial charge in [0.15, 0.2) is 0 Å². The lowest BCUT2D eigenvalue weighted by Gasteiger charge is -2.28. The van der Waals surface area contributed by atoms with E-state index in [2.05, 4.69) is 0 Å². The van der Waals surface area contributed by atoms with Crippen LogP contribution in [0.5, 0.6) is 0 Å². The number of benzene rings is 1. The highest BCUT2D eigenvalue weighted by Gasteiger charge is 2.29. The lowest BCUT2D eigenvalue weighted by molar-refractivity contribution is 0.0601. The number of aryl methyl sites for hydroxylation is 1. The topological polar surface area (TPSA) is 81.4 Å². The van der Waals surface area contributed by atoms with E-state index in [-0.39, 0.29) is 18.0 Å². The third kappa shape index (κ3) is 3.79. The predicted molar refractivity (Wildman–Crippen MR) is 76.6 cm³/mol. The molecule has 1 rings (SSSR count). The van der Waals surface area contributed by atoms with Gasteiger partial charge in [0.25, 0.3) is 0 Å². The second kappa shape index (κ2) is 5.92. The number of sulfonamides is 1. The van der Waals surface area contributed by atoms with Crippen LogP contribution in [0.1, 0.15) is 31.9 Å². The lowest BCUT2D eigenvalue weighted by atomic mass is 10.1. The van der Waals surface area contributed by atoms with E-state index in [1.807, 2.05) is 6.07 Å². The Hall–Kier alpha value is -1.42. The van der Waals surface area contributed by atoms with Gasteiger partial charge in [-0.1, -0.05) is 13.0 Å². The van der Waals surface area contributed by atoms with Gasteiger partial charge in [-0.25, -0.2) is 8.42 Å². The van der Waals surface area contributed by atoms with Crippen LogP contribution in [-0.2, 0) is 10.0 Å². The van der Waals surface area contributed by atoms with Crippen LogP contribution in [0.25, 0.3) is 0 Å². The zero-order chi connectivity index (χ0) is 15.6. The van der Waals surface area contributed by atoms with Gasteiger partial charge in [0.1, 0.15) is 0 Å². The highest BCUT2D eigenvalue weighted by Crippen LogP contribution is 2.22. The van der Waals surface area contributed by atoms with Crippen molar-refractivity contribution in [3.8, 4) is 6.07 Å². The quantitative estimate of drug-likeness (QED) is 0.895. The third-order valence-electron chi connectivity index (χ3n) is 2.85. The van der Waals surface area contributed by atoms with Crippen LogP contribution >= 0.6 is 0 Å². The summed E-state index contributed by atoms with van der Waals surface area (Å²) in [6, 6.07) is 6.51. The molecule has 0 radical (unpaired) electrons. The zero-order valence-electron chi connectivity index (χ0n) is 12.2. The van der Waals surface area contributed by atoms with E-state index >= 15 is 0 Å². The minimum absolute atomic E-state index is 0.00204. The van der Waals surface area contributed by atoms with Crippen molar-refractivity contribution in [2.45, 2.75) is 38.2 Å². The Kier molecular flexibility index (Phi) is 4.92. The maximum Gasteiger partial charge on any atom is 0.243 e. The normalized spacial score (nSPS) is 12.4. The van der Waals surface area contributed by atoms with E-state index in [0.29, 0.717) is 11.1 Å². The average Bonchev–Trinajstić information content (AvgIpc) is 2.35. The molecule has 0 bridgehead atoms. The van der Waals surface area contributed by atoms with Crippen LogP contribution in [0.15, 0.2) is 23.1 Å². The Morgan fingerprint density at radius 1 is 1.40 bits per heavy atom. The van der Waals surface area contributed by atoms with Crippen molar-refractivity contribution in [3.63, 3.8) is 0 Å². The van der Waals surface area contributed by atoms with Gasteiger partial charge in [0.2, 0.25) is 10.0 Å². The van der Waals surface area contributed by atoms with Gasteiger partial charge in [-0.15, -0.1) is 0 Å². The molecule has 1 N–H and O–H groups in total. The minimum atomic E-state index is -3.73. The molecule has 0 atom stereocenters. The molecule has 0 heterocycles. The van der Waals surface area contributed by atoms with Gasteiger partial charge in [-0.3, -0.25) is 0 Å². The Morgan fingerprint density at radius 2 is 2.00 bits per heavy atom. The van der Waals surface area contributed by atoms with E-state index in [4.69, 9.17) is 5.26 Å². The van der Waals surface area contributed by atoms with Gasteiger partial charge in [-0.2, -0.15) is 9.57 Å². The van der Waals surface area contributed by atoms with Crippen LogP contribution in [0, 0.1) is 18.3 Å². The molecular formula is C14H20N2O3S. The molecule has 0 fully saturated rings. The van der Waals surface area contributed by atoms with Crippen molar-refractivity contribution in [2.24, 2.45) is 0 Å². The van der Waals surface area contributed by atoms with Gasteiger partial charge >= 0.3 is 0 Å². The fraction of sp³-hybridized carbons (Fsp3) is 0.500. The molecule has 0 saturated heterocycles. The fourth-order valence-electron chi connectivity index (χ4n) is 1.88. The molecule has 0 aliphatic carbocycles. The second-order valence-corrected chi connectivity index (χ2v) is 7.24. The van der Waals surface area contributed by atoms with Crippen molar-refractivity contribution < 1.29 is 13.5 Å². The molecule has 0 aliphatic heterocycles. The predicted octanol–water partition coefficient (Wildman–Crippen LogP) is 1.65. The molecule has 0 amide bonds. The molecule has 0 aliphatic rings. The highest BCUT2D eigenvalue weighted by atomic mass is 32.2. The monoisotopic (exact) mass is 296 g/mol. The lowest BCUT2D eigenvalue weighted by Crippen LogP contribution is -2.42. The summed E-state index contributed by atoms with van der Waals surface area (Å²) < 4.78 is 26.5. The molecule has 0 unspecified atom stereocenters. The molecule has 0 saturated carbocycles. The van der Waals surface area contributed by atoms with Crippen LogP contribution in [-0.4, -0.2) is 36.5 Å². The van der Waals surface area contributed by atoms with Crippen LogP contribution < -0.4 is 0 Å². The maximum atomic E-state index is 12.6. The van der Waals surface area contributed by atoms with Gasteiger partial charge in [0.05, 0.1) is 22.1 Å². The summed E-state index contributed by atoms with van der Waals surface area (Å²) in [7, 11) is -3.73. The van der Waals surface area contributed by atoms with Crippen molar-refractivity contribution in [1.82, 2.24) is 4.31 Å². The molecule has 5 nitrogen and oxygen atoms in total. The first-order chi connectivity index (χ1) is 9.11. The summed E-state index contributed by atoms with van der Waals surface area (Å²) in [4.78, 5) is 0.114. The van der Waals surface area contributed by atoms with Crippen LogP contribution in [0.2, 0.25) is 0 Å². The standard InChI is InChI=1S/C14H20N2O3S/c1-5-16(10-14(3,4)17)20(18,19)13-8-12(9-15)7-6-11(13)2/h6-8,17H,5,10H2,1-4H3. The Morgan fingerprint density at radius 3 is 2.45 bits per heavy atom. The van der Waals surface area contributed by atoms with Crippen LogP contribution in [0.4, 0.5) is 0 Å². The largest absolute Gasteiger partial charge is 0.389 e. The number of rotatable bonds is 5. The first-order valence-electron chi connectivity index (χ1n) is 6.35. The molecule has 20 heavy (non-hydrogen) atoms. The summed E-state index contributed by atoms with van der Waals surface area (Å²) >= 11 is 0. The summed E-state index contributed by atoms with van der Waals surface area (Å²) in [5, 5.41) is 18.7. The number of hydrogen-bond acceptors (Lipinski definition) is 4. The second-order valence-electron chi connectivity index (χ2n) is 5.34. The number of likely N-dealkylation sites (N-methyl/N-ethyl adjacent to an activating group) is 1. The van der Waals surface area contributed by atoms with Crippen molar-refractivity contribution in [1.29, 1.82) is 5.26 Å². The highest BCUT2D eigenvalue weighted by molar-refractivity contribution is 7.89. The molecular weight excluding hydrogens is 276 g/mol. The fourth-order valence-corrected chi connectivity index (χ4v) is 3.74. The minimum Gasteiger partial charge on any atom is -0.389 e. The molecule has 1 aromatic carbocycles. The smallest absolute Gasteiger partial charge is 0.243 e. The Bertz CT molecular complexity index is 625. The maximum absolute atomic E-state index is 12.6. The first-order valence-corrected chi connectivity index (χ1v) is 7.79. The van der Waals surface area contributed by atoms with Gasteiger partial charge in [0, 0.05) is 13.1 Å². The summed E-state index contributed by atoms with van der Waals surface area (Å²) in [6.07, 6.45) is 0. The SMILES string of the molecule is CCN(CC(C)(C)O)S(=O)(=O)c1cc(C#N)ccc1C. The Balaban J connectivity index is 3.31. The van der Waals surface area contributed by atoms with E-state index in [1.54, 1.807) is 39.8 Å². The molecule has 110 valence electrons. The summed E-state index contributed by atoms with van der Waals surface area (Å²) in [6.45, 7) is 6.77. The average molecular weight is 296 g/mol. The van der Waals surface area contributed by atoms with Crippen molar-refractivity contribution >= 4 is 10.0 Å². The third-order valence-corrected chi connectivity index (χ3v) is 4.91. The van der Waals surface area contributed by atoms with Gasteiger partial charge < -0.3 is 5.11 Å². The summed E-state index contributed by atoms with van der Waals surface area (Å²) in [5.74, 6) is 0. The summed E-state index contributed by atoms with van der Waals surface area (Å²) in [5.41, 5.74) is -0.240. The molecule has 0 spiro atoms. The number of hydrogen-bond donors (Lipinski definition) is 1. The van der Waals surface area contributed by atoms with E-state index in [9.17, 15) is 13.5 Å². The van der Waals surface area contributed by atoms with E-state index < -0.39 is 15.6 Å². The number of nitrogens with zero attached hydrogens (tertiary/aromatic N) is 2. The molecule has 6 heteroatoms. The van der Waals surface area contributed by atoms with E-state index in [1.165, 1.54) is 10.4 Å². The molecule has 1 aromatic rings. The first kappa shape index (κ1) is 16.6. The Labute approximate surface area is 120 Å². The molecule has 0 aromatic heterocycles. The van der Waals surface area contributed by atoms with Crippen molar-refractivity contribution in [3.05, 3.63) is 29.3 Å². The van der Waals surface area contributed by atoms with Crippen LogP contribution in [0.3, 0.4) is 0 Å². The van der Waals surface area contributed by atoms with E-state index in [0.717, 1.165) is 0 Å². The van der Waals surface area contributed by atoms with Crippen molar-refractivity contribution in [2.75, 3.05) is 13.1 Å². The number of aliphatic hydroxyl groups is 1.